The van der Waals surface area contributed by atoms with Gasteiger partial charge in [0.05, 0.1) is 18.1 Å². The molecule has 1 fully saturated rings. The number of aliphatic hydroxyl groups excluding tert-OH is 1. The van der Waals surface area contributed by atoms with Gasteiger partial charge in [0.25, 0.3) is 11.6 Å². The van der Waals surface area contributed by atoms with Crippen molar-refractivity contribution in [3.05, 3.63) is 33.9 Å². The first-order valence-electron chi connectivity index (χ1n) is 6.69. The zero-order chi connectivity index (χ0) is 15.6. The number of nitro benzene ring substituents is 1. The quantitative estimate of drug-likeness (QED) is 0.655. The second-order valence-electron chi connectivity index (χ2n) is 5.29. The lowest BCUT2D eigenvalue weighted by Crippen LogP contribution is -2.39. The Morgan fingerprint density at radius 2 is 2.19 bits per heavy atom. The van der Waals surface area contributed by atoms with Gasteiger partial charge < -0.3 is 14.7 Å². The van der Waals surface area contributed by atoms with E-state index in [0.717, 1.165) is 0 Å². The van der Waals surface area contributed by atoms with Crippen molar-refractivity contribution < 1.29 is 19.6 Å². The molecule has 0 saturated heterocycles. The minimum Gasteiger partial charge on any atom is -0.496 e. The number of ether oxygens (including phenoxy) is 1. The van der Waals surface area contributed by atoms with Crippen molar-refractivity contribution in [1.82, 2.24) is 4.90 Å². The number of carbonyl (C=O) groups is 1. The van der Waals surface area contributed by atoms with Crippen molar-refractivity contribution in [3.8, 4) is 5.75 Å². The van der Waals surface area contributed by atoms with Crippen LogP contribution in [0.1, 0.15) is 23.2 Å². The van der Waals surface area contributed by atoms with Crippen LogP contribution in [-0.2, 0) is 0 Å². The van der Waals surface area contributed by atoms with Crippen molar-refractivity contribution in [1.29, 1.82) is 0 Å². The highest BCUT2D eigenvalue weighted by molar-refractivity contribution is 6.00. The molecule has 0 aliphatic heterocycles. The summed E-state index contributed by atoms with van der Waals surface area (Å²) in [5.41, 5.74) is -0.299. The Labute approximate surface area is 122 Å². The number of rotatable bonds is 5. The SMILES string of the molecule is COc1cccc([N+](=O)[O-])c1C(=O)N(C)CC1CC(O)C1. The molecule has 1 amide bonds. The molecule has 0 atom stereocenters. The van der Waals surface area contributed by atoms with E-state index in [1.165, 1.54) is 30.2 Å². The number of amides is 1. The van der Waals surface area contributed by atoms with Crippen molar-refractivity contribution in [3.63, 3.8) is 0 Å². The third kappa shape index (κ3) is 3.13. The molecule has 2 rings (SSSR count). The maximum atomic E-state index is 12.5. The highest BCUT2D eigenvalue weighted by Gasteiger charge is 2.32. The highest BCUT2D eigenvalue weighted by Crippen LogP contribution is 2.31. The fraction of sp³-hybridized carbons (Fsp3) is 0.500. The molecule has 1 aliphatic rings. The van der Waals surface area contributed by atoms with Gasteiger partial charge in [-0.25, -0.2) is 0 Å². The van der Waals surface area contributed by atoms with Crippen molar-refractivity contribution in [2.24, 2.45) is 5.92 Å². The van der Waals surface area contributed by atoms with Gasteiger partial charge in [-0.05, 0) is 24.8 Å². The van der Waals surface area contributed by atoms with Crippen LogP contribution in [0, 0.1) is 16.0 Å². The number of hydrogen-bond donors (Lipinski definition) is 1. The second kappa shape index (κ2) is 6.09. The highest BCUT2D eigenvalue weighted by atomic mass is 16.6. The first-order valence-corrected chi connectivity index (χ1v) is 6.69. The fourth-order valence-electron chi connectivity index (χ4n) is 2.57. The predicted molar refractivity (Wildman–Crippen MR) is 75.3 cm³/mol. The monoisotopic (exact) mass is 294 g/mol. The van der Waals surface area contributed by atoms with Crippen LogP contribution < -0.4 is 4.74 Å². The van der Waals surface area contributed by atoms with E-state index in [1.807, 2.05) is 0 Å². The van der Waals surface area contributed by atoms with Crippen molar-refractivity contribution in [2.75, 3.05) is 20.7 Å². The van der Waals surface area contributed by atoms with Crippen LogP contribution in [0.25, 0.3) is 0 Å². The Morgan fingerprint density at radius 3 is 2.71 bits per heavy atom. The smallest absolute Gasteiger partial charge is 0.285 e. The summed E-state index contributed by atoms with van der Waals surface area (Å²) in [6.07, 6.45) is 1.02. The molecule has 7 heteroatoms. The van der Waals surface area contributed by atoms with E-state index >= 15 is 0 Å². The third-order valence-corrected chi connectivity index (χ3v) is 3.72. The van der Waals surface area contributed by atoms with E-state index in [2.05, 4.69) is 0 Å². The van der Waals surface area contributed by atoms with Gasteiger partial charge in [0, 0.05) is 19.7 Å². The van der Waals surface area contributed by atoms with E-state index in [0.29, 0.717) is 19.4 Å². The van der Waals surface area contributed by atoms with Gasteiger partial charge >= 0.3 is 0 Å². The van der Waals surface area contributed by atoms with Gasteiger partial charge in [-0.15, -0.1) is 0 Å². The zero-order valence-corrected chi connectivity index (χ0v) is 12.0. The molecular weight excluding hydrogens is 276 g/mol. The summed E-state index contributed by atoms with van der Waals surface area (Å²) >= 11 is 0. The molecule has 7 nitrogen and oxygen atoms in total. The third-order valence-electron chi connectivity index (χ3n) is 3.72. The lowest BCUT2D eigenvalue weighted by Gasteiger charge is -2.34. The first kappa shape index (κ1) is 15.2. The van der Waals surface area contributed by atoms with Crippen LogP contribution in [0.4, 0.5) is 5.69 Å². The number of hydrogen-bond acceptors (Lipinski definition) is 5. The van der Waals surface area contributed by atoms with Gasteiger partial charge in [0.2, 0.25) is 0 Å². The summed E-state index contributed by atoms with van der Waals surface area (Å²) in [6.45, 7) is 0.463. The summed E-state index contributed by atoms with van der Waals surface area (Å²) in [7, 11) is 2.97. The Hall–Kier alpha value is -2.15. The van der Waals surface area contributed by atoms with Crippen molar-refractivity contribution in [2.45, 2.75) is 18.9 Å². The molecule has 0 bridgehead atoms. The zero-order valence-electron chi connectivity index (χ0n) is 12.0. The molecule has 1 N–H and O–H groups in total. The van der Waals surface area contributed by atoms with Crippen LogP contribution in [0.5, 0.6) is 5.75 Å². The van der Waals surface area contributed by atoms with E-state index in [1.54, 1.807) is 7.05 Å². The van der Waals surface area contributed by atoms with Crippen LogP contribution >= 0.6 is 0 Å². The minimum absolute atomic E-state index is 0.0348. The van der Waals surface area contributed by atoms with Gasteiger partial charge in [-0.1, -0.05) is 6.07 Å². The molecule has 0 heterocycles. The number of nitro groups is 1. The van der Waals surface area contributed by atoms with Gasteiger partial charge in [0.1, 0.15) is 5.75 Å². The molecule has 114 valence electrons. The molecule has 0 aromatic heterocycles. The molecule has 1 aromatic carbocycles. The molecule has 1 aliphatic carbocycles. The predicted octanol–water partition coefficient (Wildman–Crippen LogP) is 1.45. The molecule has 0 unspecified atom stereocenters. The maximum Gasteiger partial charge on any atom is 0.285 e. The summed E-state index contributed by atoms with van der Waals surface area (Å²) in [6, 6.07) is 4.30. The topological polar surface area (TPSA) is 92.9 Å². The first-order chi connectivity index (χ1) is 9.93. The largest absolute Gasteiger partial charge is 0.496 e. The summed E-state index contributed by atoms with van der Waals surface area (Å²) < 4.78 is 5.08. The average Bonchev–Trinajstić information content (AvgIpc) is 2.43. The lowest BCUT2D eigenvalue weighted by molar-refractivity contribution is -0.385. The van der Waals surface area contributed by atoms with Crippen LogP contribution in [-0.4, -0.2) is 47.6 Å². The molecule has 1 saturated carbocycles. The standard InChI is InChI=1S/C14H18N2O5/c1-15(8-9-6-10(17)7-9)14(18)13-11(16(19)20)4-3-5-12(13)21-2/h3-5,9-10,17H,6-8H2,1-2H3. The minimum atomic E-state index is -0.587. The number of carbonyl (C=O) groups excluding carboxylic acids is 1. The van der Waals surface area contributed by atoms with E-state index in [9.17, 15) is 20.0 Å². The van der Waals surface area contributed by atoms with E-state index in [-0.39, 0.29) is 29.0 Å². The number of aliphatic hydroxyl groups is 1. The van der Waals surface area contributed by atoms with Crippen LogP contribution in [0.2, 0.25) is 0 Å². The van der Waals surface area contributed by atoms with Crippen molar-refractivity contribution >= 4 is 11.6 Å². The molecule has 1 aromatic rings. The average molecular weight is 294 g/mol. The van der Waals surface area contributed by atoms with Gasteiger partial charge in [-0.3, -0.25) is 14.9 Å². The summed E-state index contributed by atoms with van der Waals surface area (Å²) in [5.74, 6) is -0.0158. The fourth-order valence-corrected chi connectivity index (χ4v) is 2.57. The van der Waals surface area contributed by atoms with E-state index in [4.69, 9.17) is 4.74 Å². The van der Waals surface area contributed by atoms with Gasteiger partial charge in [0.15, 0.2) is 5.56 Å². The molecule has 21 heavy (non-hydrogen) atoms. The van der Waals surface area contributed by atoms with Crippen LogP contribution in [0.15, 0.2) is 18.2 Å². The Bertz CT molecular complexity index is 554. The lowest BCUT2D eigenvalue weighted by atomic mass is 9.82. The maximum absolute atomic E-state index is 12.5. The van der Waals surface area contributed by atoms with E-state index < -0.39 is 10.8 Å². The number of methoxy groups -OCH3 is 1. The summed E-state index contributed by atoms with van der Waals surface area (Å²) in [5, 5.41) is 20.4. The number of benzene rings is 1. The van der Waals surface area contributed by atoms with Gasteiger partial charge in [-0.2, -0.15) is 0 Å². The molecular formula is C14H18N2O5. The van der Waals surface area contributed by atoms with Crippen LogP contribution in [0.3, 0.4) is 0 Å². The Morgan fingerprint density at radius 1 is 1.52 bits per heavy atom. The normalized spacial score (nSPS) is 20.5. The molecule has 0 radical (unpaired) electrons. The summed E-state index contributed by atoms with van der Waals surface area (Å²) in [4.78, 5) is 24.4. The number of nitrogens with zero attached hydrogens (tertiary/aromatic N) is 2. The Balaban J connectivity index is 2.22. The Kier molecular flexibility index (Phi) is 4.42. The molecule has 0 spiro atoms. The second-order valence-corrected chi connectivity index (χ2v) is 5.29.